The molecule has 2 aromatic heterocycles. The molecule has 4 rings (SSSR count). The molecule has 1 aliphatic rings. The van der Waals surface area contributed by atoms with E-state index in [2.05, 4.69) is 4.98 Å². The molecule has 0 saturated carbocycles. The molecule has 1 aromatic carbocycles. The molecule has 0 aliphatic carbocycles. The van der Waals surface area contributed by atoms with Gasteiger partial charge in [-0.15, -0.1) is 0 Å². The van der Waals surface area contributed by atoms with Crippen molar-refractivity contribution in [3.05, 3.63) is 89.2 Å². The second kappa shape index (κ2) is 6.65. The van der Waals surface area contributed by atoms with Crippen molar-refractivity contribution in [1.82, 2.24) is 9.55 Å². The van der Waals surface area contributed by atoms with Gasteiger partial charge in [0.25, 0.3) is 5.56 Å². The maximum absolute atomic E-state index is 13.0. The lowest BCUT2D eigenvalue weighted by molar-refractivity contribution is 0.125. The van der Waals surface area contributed by atoms with Gasteiger partial charge in [0.1, 0.15) is 19.5 Å². The number of pyridine rings is 2. The monoisotopic (exact) mass is 332 g/mol. The van der Waals surface area contributed by atoms with Gasteiger partial charge in [0.15, 0.2) is 5.76 Å². The molecule has 0 atom stereocenters. The number of para-hydroxylation sites is 1. The number of aromatic nitrogens is 2. The first kappa shape index (κ1) is 15.2. The largest absolute Gasteiger partial charge is 0.494 e. The van der Waals surface area contributed by atoms with E-state index in [0.717, 1.165) is 16.9 Å². The Morgan fingerprint density at radius 2 is 1.84 bits per heavy atom. The van der Waals surface area contributed by atoms with E-state index >= 15 is 0 Å². The van der Waals surface area contributed by atoms with E-state index < -0.39 is 0 Å². The summed E-state index contributed by atoms with van der Waals surface area (Å²) in [7, 11) is 0. The Bertz CT molecular complexity index is 963. The number of rotatable bonds is 3. The van der Waals surface area contributed by atoms with Crippen molar-refractivity contribution in [3.63, 3.8) is 0 Å². The first-order valence-electron chi connectivity index (χ1n) is 8.01. The third-order valence-corrected chi connectivity index (χ3v) is 3.93. The highest BCUT2D eigenvalue weighted by molar-refractivity contribution is 5.67. The van der Waals surface area contributed by atoms with E-state index in [1.54, 1.807) is 23.0 Å². The second-order valence-electron chi connectivity index (χ2n) is 5.57. The van der Waals surface area contributed by atoms with Crippen LogP contribution in [0.5, 0.6) is 0 Å². The first-order valence-corrected chi connectivity index (χ1v) is 8.01. The molecule has 0 bridgehead atoms. The molecule has 0 fully saturated rings. The number of ether oxygens (including phenoxy) is 2. The average molecular weight is 332 g/mol. The zero-order valence-corrected chi connectivity index (χ0v) is 13.5. The Morgan fingerprint density at radius 3 is 2.56 bits per heavy atom. The lowest BCUT2D eigenvalue weighted by atomic mass is 10.1. The molecule has 0 amide bonds. The van der Waals surface area contributed by atoms with E-state index in [1.165, 1.54) is 6.26 Å². The Balaban J connectivity index is 1.95. The number of hydrogen-bond acceptors (Lipinski definition) is 4. The van der Waals surface area contributed by atoms with Crippen LogP contribution >= 0.6 is 0 Å². The SMILES string of the molecule is O=c1c(C2=COCCO2)cc(-c2ccccn2)cn1-c1ccccc1. The zero-order valence-electron chi connectivity index (χ0n) is 13.5. The van der Waals surface area contributed by atoms with Crippen molar-refractivity contribution in [2.24, 2.45) is 0 Å². The predicted octanol–water partition coefficient (Wildman–Crippen LogP) is 3.24. The van der Waals surface area contributed by atoms with Crippen molar-refractivity contribution >= 4 is 5.76 Å². The van der Waals surface area contributed by atoms with Crippen LogP contribution < -0.4 is 5.56 Å². The van der Waals surface area contributed by atoms with Crippen molar-refractivity contribution in [3.8, 4) is 16.9 Å². The van der Waals surface area contributed by atoms with Gasteiger partial charge in [0, 0.05) is 23.6 Å². The first-order chi connectivity index (χ1) is 12.3. The summed E-state index contributed by atoms with van der Waals surface area (Å²) in [6, 6.07) is 17.0. The molecular weight excluding hydrogens is 316 g/mol. The van der Waals surface area contributed by atoms with Crippen molar-refractivity contribution in [2.45, 2.75) is 0 Å². The van der Waals surface area contributed by atoms with E-state index in [9.17, 15) is 4.79 Å². The quantitative estimate of drug-likeness (QED) is 0.739. The number of benzene rings is 1. The Hall–Kier alpha value is -3.34. The predicted molar refractivity (Wildman–Crippen MR) is 95.2 cm³/mol. The van der Waals surface area contributed by atoms with Crippen LogP contribution in [0.2, 0.25) is 0 Å². The van der Waals surface area contributed by atoms with Gasteiger partial charge in [-0.3, -0.25) is 14.3 Å². The molecular formula is C20H16N2O3. The molecule has 3 aromatic rings. The van der Waals surface area contributed by atoms with Gasteiger partial charge in [0.2, 0.25) is 0 Å². The van der Waals surface area contributed by atoms with E-state index in [0.29, 0.717) is 24.5 Å². The molecule has 124 valence electrons. The fourth-order valence-corrected chi connectivity index (χ4v) is 2.72. The summed E-state index contributed by atoms with van der Waals surface area (Å²) >= 11 is 0. The Labute approximate surface area is 144 Å². The highest BCUT2D eigenvalue weighted by Gasteiger charge is 2.17. The van der Waals surface area contributed by atoms with Crippen molar-refractivity contribution < 1.29 is 9.47 Å². The van der Waals surface area contributed by atoms with Crippen molar-refractivity contribution in [2.75, 3.05) is 13.2 Å². The highest BCUT2D eigenvalue weighted by atomic mass is 16.6. The van der Waals surface area contributed by atoms with Crippen LogP contribution in [0.3, 0.4) is 0 Å². The van der Waals surface area contributed by atoms with Gasteiger partial charge in [-0.1, -0.05) is 24.3 Å². The summed E-state index contributed by atoms with van der Waals surface area (Å²) in [4.78, 5) is 17.4. The zero-order chi connectivity index (χ0) is 17.1. The molecule has 0 saturated heterocycles. The maximum atomic E-state index is 13.0. The lowest BCUT2D eigenvalue weighted by Crippen LogP contribution is -2.23. The minimum atomic E-state index is -0.164. The topological polar surface area (TPSA) is 53.4 Å². The van der Waals surface area contributed by atoms with Crippen LogP contribution in [-0.2, 0) is 9.47 Å². The van der Waals surface area contributed by atoms with Gasteiger partial charge < -0.3 is 9.47 Å². The van der Waals surface area contributed by atoms with Gasteiger partial charge in [0.05, 0.1) is 11.3 Å². The van der Waals surface area contributed by atoms with Gasteiger partial charge in [-0.05, 0) is 30.3 Å². The molecule has 3 heterocycles. The van der Waals surface area contributed by atoms with Crippen LogP contribution in [-0.4, -0.2) is 22.8 Å². The van der Waals surface area contributed by atoms with E-state index in [-0.39, 0.29) is 5.56 Å². The van der Waals surface area contributed by atoms with Crippen LogP contribution in [0.4, 0.5) is 0 Å². The molecule has 0 spiro atoms. The maximum Gasteiger partial charge on any atom is 0.266 e. The number of hydrogen-bond donors (Lipinski definition) is 0. The van der Waals surface area contributed by atoms with Gasteiger partial charge in [-0.2, -0.15) is 0 Å². The van der Waals surface area contributed by atoms with Gasteiger partial charge >= 0.3 is 0 Å². The minimum Gasteiger partial charge on any atom is -0.494 e. The second-order valence-corrected chi connectivity index (χ2v) is 5.57. The molecule has 1 aliphatic heterocycles. The van der Waals surface area contributed by atoms with Crippen LogP contribution in [0.25, 0.3) is 22.7 Å². The lowest BCUT2D eigenvalue weighted by Gasteiger charge is -2.17. The molecule has 5 nitrogen and oxygen atoms in total. The number of nitrogens with zero attached hydrogens (tertiary/aromatic N) is 2. The standard InChI is InChI=1S/C20H16N2O3/c23-20-17(19-14-24-10-11-25-19)12-15(18-8-4-5-9-21-18)13-22(20)16-6-2-1-3-7-16/h1-9,12-14H,10-11H2. The molecule has 25 heavy (non-hydrogen) atoms. The summed E-state index contributed by atoms with van der Waals surface area (Å²) in [6.07, 6.45) is 5.03. The third kappa shape index (κ3) is 3.04. The molecule has 0 unspecified atom stereocenters. The highest BCUT2D eigenvalue weighted by Crippen LogP contribution is 2.23. The summed E-state index contributed by atoms with van der Waals surface area (Å²) in [5.74, 6) is 0.443. The summed E-state index contributed by atoms with van der Waals surface area (Å²) in [6.45, 7) is 0.904. The van der Waals surface area contributed by atoms with E-state index in [1.807, 2.05) is 48.5 Å². The Morgan fingerprint density at radius 1 is 1.00 bits per heavy atom. The molecule has 0 N–H and O–H groups in total. The summed E-state index contributed by atoms with van der Waals surface area (Å²) in [5, 5.41) is 0. The van der Waals surface area contributed by atoms with Crippen LogP contribution in [0.1, 0.15) is 5.56 Å². The fourth-order valence-electron chi connectivity index (χ4n) is 2.72. The average Bonchev–Trinajstić information content (AvgIpc) is 2.70. The molecule has 5 heteroatoms. The minimum absolute atomic E-state index is 0.164. The summed E-state index contributed by atoms with van der Waals surface area (Å²) in [5.41, 5.74) is 2.68. The third-order valence-electron chi connectivity index (χ3n) is 3.93. The smallest absolute Gasteiger partial charge is 0.266 e. The van der Waals surface area contributed by atoms with E-state index in [4.69, 9.17) is 9.47 Å². The summed E-state index contributed by atoms with van der Waals surface area (Å²) < 4.78 is 12.6. The van der Waals surface area contributed by atoms with Gasteiger partial charge in [-0.25, -0.2) is 0 Å². The normalized spacial score (nSPS) is 13.5. The van der Waals surface area contributed by atoms with Crippen LogP contribution in [0.15, 0.2) is 78.0 Å². The fraction of sp³-hybridized carbons (Fsp3) is 0.100. The van der Waals surface area contributed by atoms with Crippen LogP contribution in [0, 0.1) is 0 Å². The van der Waals surface area contributed by atoms with Crippen molar-refractivity contribution in [1.29, 1.82) is 0 Å². The Kier molecular flexibility index (Phi) is 4.04. The molecule has 0 radical (unpaired) electrons.